The summed E-state index contributed by atoms with van der Waals surface area (Å²) in [7, 11) is 19.0. The minimum Gasteiger partial charge on any atom is -1.00 e. The fourth-order valence-electron chi connectivity index (χ4n) is 14.3. The van der Waals surface area contributed by atoms with Gasteiger partial charge in [0.15, 0.2) is 17.4 Å². The summed E-state index contributed by atoms with van der Waals surface area (Å²) in [4.78, 5) is 42.5. The second kappa shape index (κ2) is 55.3. The van der Waals surface area contributed by atoms with Gasteiger partial charge >= 0.3 is 24.8 Å². The SMILES string of the molecule is C.C/C=C(\C=C/CC(CN(C)C)C1(O)CCCCC1)OCc1ccccc1.CN(C)C(=O)C(c1ccc(OCc2ccccc2)cc1)C1(O)CCCCC1.CN(C)C(=O)Cc1ccc(OCc2ccccc2)cc1.CN(C)CC(c1ccc(O)cc1)C1(O)CCCCC1.CNC.O=C(O)Cc1ccc(OCc2ccccc2)cc1.[AlH3].[H-].[Li+]. The molecule has 0 aromatic heterocycles. The predicted octanol–water partition coefficient (Wildman–Crippen LogP) is 14.0. The van der Waals surface area contributed by atoms with Crippen molar-refractivity contribution in [2.24, 2.45) is 5.92 Å². The first-order valence-corrected chi connectivity index (χ1v) is 40.1. The van der Waals surface area contributed by atoms with Crippen molar-refractivity contribution in [3.8, 4) is 23.0 Å². The van der Waals surface area contributed by atoms with Gasteiger partial charge in [0.2, 0.25) is 11.8 Å². The first-order valence-electron chi connectivity index (χ1n) is 40.1. The van der Waals surface area contributed by atoms with Crippen LogP contribution in [0.3, 0.4) is 0 Å². The number of hydrogen-bond acceptors (Lipinski definition) is 14. The Labute approximate surface area is 719 Å². The zero-order chi connectivity index (χ0) is 81.9. The quantitative estimate of drug-likeness (QED) is 0.0146. The van der Waals surface area contributed by atoms with Crippen molar-refractivity contribution < 1.29 is 79.2 Å². The van der Waals surface area contributed by atoms with Crippen LogP contribution in [0.4, 0.5) is 0 Å². The zero-order valence-electron chi connectivity index (χ0n) is 71.1. The number of ether oxygens (including phenoxy) is 4. The van der Waals surface area contributed by atoms with Gasteiger partial charge in [0, 0.05) is 53.1 Å². The molecule has 3 unspecified atom stereocenters. The van der Waals surface area contributed by atoms with E-state index in [-0.39, 0.29) is 80.9 Å². The number of rotatable bonds is 29. The number of carboxylic acids is 1. The normalized spacial score (nSPS) is 15.1. The standard InChI is InChI=1S/C23H29NO3.C23H35NO2.C17H19NO2.C16H25NO2.C15H14O3.C2H7N.CH4.Al.Li.4H/c1-24(2)22(25)21(23(26)15-7-4-8-16-23)19-11-13-20(14-12-19)27-17-18-9-5-3-6-10-18;1-4-22(26-19-20-12-7-5-8-13-20)15-11-14-21(18-24(2)3)23(25)16-9-6-10-17-23;1-18(2)17(19)12-14-8-10-16(11-9-14)20-13-15-6-4-3-5-7-15;1-17(2)12-15(13-6-8-14(18)9-7-13)16(19)10-4-3-5-11-16;16-15(17)10-12-6-8-14(9-7-12)18-11-13-4-2-1-3-5-13;1-3-2;;;;;;;/h3,5-6,9-14,21,26H,4,7-8,15-17H2,1-2H3;4-5,7-8,11-13,15,21,25H,6,9-10,14,16-19H2,1-3H3;3-11H,12-13H2,1-2H3;6-9,15,18-19H,3-5,10-12H2,1-2H3;1-9H,10-11H2,(H,16,17);3H,1-2H3;1H4;;;;;;/q;;;;;;;;+1;;;;-1/b;15-11-,22-4+;;;;;;;;;;;. The molecule has 0 spiro atoms. The van der Waals surface area contributed by atoms with E-state index < -0.39 is 28.7 Å². The van der Waals surface area contributed by atoms with Gasteiger partial charge in [-0.1, -0.05) is 241 Å². The largest absolute Gasteiger partial charge is 1.00 e. The molecule has 17 nitrogen and oxygen atoms in total. The number of amides is 2. The van der Waals surface area contributed by atoms with Crippen LogP contribution in [0, 0.1) is 5.92 Å². The van der Waals surface area contributed by atoms with Gasteiger partial charge in [-0.15, -0.1) is 0 Å². The Bertz CT molecular complexity index is 4000. The van der Waals surface area contributed by atoms with Crippen molar-refractivity contribution >= 4 is 35.1 Å². The molecule has 3 fully saturated rings. The average Bonchev–Trinajstić information content (AvgIpc) is 0.789. The van der Waals surface area contributed by atoms with Crippen molar-refractivity contribution in [1.82, 2.24) is 24.9 Å². The Morgan fingerprint density at radius 1 is 0.457 bits per heavy atom. The van der Waals surface area contributed by atoms with E-state index in [0.717, 1.165) is 152 Å². The predicted molar refractivity (Wildman–Crippen MR) is 474 cm³/mol. The van der Waals surface area contributed by atoms with Gasteiger partial charge in [-0.3, -0.25) is 14.4 Å². The minimum absolute atomic E-state index is 0. The molecule has 0 heterocycles. The number of aliphatic carboxylic acids is 1. The van der Waals surface area contributed by atoms with Gasteiger partial charge in [0.25, 0.3) is 0 Å². The molecule has 3 aliphatic rings. The average molecular weight is 1600 g/mol. The van der Waals surface area contributed by atoms with Gasteiger partial charge < -0.3 is 70.8 Å². The second-order valence-electron chi connectivity index (χ2n) is 30.8. The molecule has 0 radical (unpaired) electrons. The number of nitrogens with one attached hydrogen (secondary N) is 1. The first kappa shape index (κ1) is 102. The summed E-state index contributed by atoms with van der Waals surface area (Å²) in [6, 6.07) is 69.9. The summed E-state index contributed by atoms with van der Waals surface area (Å²) in [5.41, 5.74) is 6.18. The van der Waals surface area contributed by atoms with E-state index in [2.05, 4.69) is 53.5 Å². The van der Waals surface area contributed by atoms with E-state index in [4.69, 9.17) is 24.1 Å². The third-order valence-electron chi connectivity index (χ3n) is 20.5. The first-order chi connectivity index (χ1) is 54.3. The number of hydrogen-bond donors (Lipinski definition) is 6. The maximum absolute atomic E-state index is 12.9. The van der Waals surface area contributed by atoms with Crippen LogP contribution in [-0.4, -0.2) is 181 Å². The van der Waals surface area contributed by atoms with Crippen LogP contribution in [0.5, 0.6) is 23.0 Å². The number of allylic oxidation sites excluding steroid dienone is 3. The Hall–Kier alpha value is -8.46. The van der Waals surface area contributed by atoms with Crippen LogP contribution >= 0.6 is 0 Å². The molecule has 8 aromatic rings. The molecule has 6 N–H and O–H groups in total. The van der Waals surface area contributed by atoms with Crippen LogP contribution in [0.2, 0.25) is 0 Å². The number of carboxylic acid groups (broad SMARTS) is 1. The summed E-state index contributed by atoms with van der Waals surface area (Å²) in [6.45, 7) is 5.89. The van der Waals surface area contributed by atoms with E-state index in [9.17, 15) is 34.8 Å². The summed E-state index contributed by atoms with van der Waals surface area (Å²) in [6.07, 6.45) is 22.6. The second-order valence-corrected chi connectivity index (χ2v) is 30.8. The smallest absolute Gasteiger partial charge is 1.00 e. The molecule has 2 amide bonds. The third kappa shape index (κ3) is 37.4. The Kier molecular flexibility index (Phi) is 48.5. The Balaban J connectivity index is 0.000000491. The Morgan fingerprint density at radius 2 is 0.810 bits per heavy atom. The molecule has 11 rings (SSSR count). The van der Waals surface area contributed by atoms with E-state index in [1.54, 1.807) is 74.4 Å². The van der Waals surface area contributed by atoms with E-state index in [1.807, 2.05) is 211 Å². The van der Waals surface area contributed by atoms with E-state index in [0.29, 0.717) is 45.7 Å². The van der Waals surface area contributed by atoms with Crippen molar-refractivity contribution in [2.75, 3.05) is 83.6 Å². The van der Waals surface area contributed by atoms with Crippen LogP contribution in [0.1, 0.15) is 175 Å². The number of aromatic hydroxyl groups is 1. The molecule has 116 heavy (non-hydrogen) atoms. The summed E-state index contributed by atoms with van der Waals surface area (Å²) in [5, 5.41) is 54.2. The van der Waals surface area contributed by atoms with Gasteiger partial charge in [-0.2, -0.15) is 0 Å². The fourth-order valence-corrected chi connectivity index (χ4v) is 14.3. The van der Waals surface area contributed by atoms with Crippen LogP contribution in [-0.2, 0) is 58.4 Å². The fraction of sp³-hybridized carbons (Fsp3) is 0.433. The summed E-state index contributed by atoms with van der Waals surface area (Å²) >= 11 is 0. The van der Waals surface area contributed by atoms with Gasteiger partial charge in [-0.25, -0.2) is 0 Å². The number of carbonyl (C=O) groups is 3. The molecule has 0 aliphatic heterocycles. The molecule has 19 heteroatoms. The maximum atomic E-state index is 12.9. The van der Waals surface area contributed by atoms with Crippen molar-refractivity contribution in [1.29, 1.82) is 0 Å². The number of phenolic OH excluding ortho intramolecular Hbond substituents is 1. The molecule has 8 aromatic carbocycles. The molecular weight excluding hydrogens is 1460 g/mol. The number of phenols is 1. The molecule has 3 atom stereocenters. The monoisotopic (exact) mass is 1600 g/mol. The summed E-state index contributed by atoms with van der Waals surface area (Å²) in [5.74, 6) is 2.56. The minimum atomic E-state index is -0.966. The molecule has 3 saturated carbocycles. The van der Waals surface area contributed by atoms with E-state index in [1.165, 1.54) is 18.4 Å². The maximum Gasteiger partial charge on any atom is 1.00 e. The molecular formula is C97H137AlLiN5O12. The third-order valence-corrected chi connectivity index (χ3v) is 20.5. The van der Waals surface area contributed by atoms with E-state index >= 15 is 0 Å². The number of aliphatic hydroxyl groups is 3. The number of carbonyl (C=O) groups excluding carboxylic acids is 2. The summed E-state index contributed by atoms with van der Waals surface area (Å²) < 4.78 is 23.1. The van der Waals surface area contributed by atoms with Crippen LogP contribution in [0.15, 0.2) is 242 Å². The number of likely N-dealkylation sites (N-methyl/N-ethyl adjacent to an activating group) is 3. The molecule has 626 valence electrons. The van der Waals surface area contributed by atoms with Crippen LogP contribution in [0.25, 0.3) is 0 Å². The molecule has 0 saturated heterocycles. The number of benzene rings is 8. The number of nitrogens with zero attached hydrogens (tertiary/aromatic N) is 4. The van der Waals surface area contributed by atoms with Crippen LogP contribution < -0.4 is 38.4 Å². The van der Waals surface area contributed by atoms with Gasteiger partial charge in [-0.05, 0) is 199 Å². The van der Waals surface area contributed by atoms with Crippen molar-refractivity contribution in [2.45, 2.75) is 185 Å². The molecule has 0 bridgehead atoms. The topological polar surface area (TPSA) is 214 Å². The zero-order valence-corrected chi connectivity index (χ0v) is 70.1. The Morgan fingerprint density at radius 3 is 1.17 bits per heavy atom. The van der Waals surface area contributed by atoms with Gasteiger partial charge in [0.1, 0.15) is 55.2 Å². The van der Waals surface area contributed by atoms with Crippen molar-refractivity contribution in [3.05, 3.63) is 287 Å². The van der Waals surface area contributed by atoms with Crippen molar-refractivity contribution in [3.63, 3.8) is 0 Å². The van der Waals surface area contributed by atoms with Gasteiger partial charge in [0.05, 0.1) is 35.6 Å². The molecule has 3 aliphatic carbocycles.